The van der Waals surface area contributed by atoms with Crippen LogP contribution in [0.15, 0.2) is 12.3 Å². The van der Waals surface area contributed by atoms with Crippen LogP contribution in [0.1, 0.15) is 42.6 Å². The first kappa shape index (κ1) is 15.1. The summed E-state index contributed by atoms with van der Waals surface area (Å²) in [4.78, 5) is 27.9. The summed E-state index contributed by atoms with van der Waals surface area (Å²) in [6, 6.07) is 1.34. The van der Waals surface area contributed by atoms with Crippen LogP contribution in [0.3, 0.4) is 0 Å². The molecule has 0 N–H and O–H groups in total. The van der Waals surface area contributed by atoms with Gasteiger partial charge in [0.1, 0.15) is 0 Å². The fraction of sp³-hybridized carbons (Fsp3) is 0.538. The molecule has 0 atom stereocenters. The lowest BCUT2D eigenvalue weighted by molar-refractivity contribution is -0.389. The van der Waals surface area contributed by atoms with Gasteiger partial charge in [-0.15, -0.1) is 0 Å². The van der Waals surface area contributed by atoms with E-state index in [1.807, 2.05) is 13.8 Å². The predicted octanol–water partition coefficient (Wildman–Crippen LogP) is 2.56. The zero-order valence-electron chi connectivity index (χ0n) is 11.5. The van der Waals surface area contributed by atoms with E-state index in [9.17, 15) is 14.9 Å². The number of hydrogen-bond acceptors (Lipinski definition) is 4. The third-order valence-electron chi connectivity index (χ3n) is 2.79. The average Bonchev–Trinajstić information content (AvgIpc) is 2.37. The van der Waals surface area contributed by atoms with Crippen LogP contribution >= 0.6 is 0 Å². The number of nitrogens with zero attached hydrogens (tertiary/aromatic N) is 3. The van der Waals surface area contributed by atoms with E-state index < -0.39 is 4.92 Å². The van der Waals surface area contributed by atoms with Gasteiger partial charge in [-0.05, 0) is 35.2 Å². The Kier molecular flexibility index (Phi) is 5.41. The molecule has 1 aromatic rings. The molecule has 0 aromatic carbocycles. The van der Waals surface area contributed by atoms with E-state index in [4.69, 9.17) is 0 Å². The van der Waals surface area contributed by atoms with Crippen LogP contribution in [0.25, 0.3) is 0 Å². The second-order valence-electron chi connectivity index (χ2n) is 4.41. The number of nitro groups is 1. The van der Waals surface area contributed by atoms with Gasteiger partial charge in [-0.3, -0.25) is 4.79 Å². The Morgan fingerprint density at radius 3 is 2.37 bits per heavy atom. The lowest BCUT2D eigenvalue weighted by Gasteiger charge is -2.21. The van der Waals surface area contributed by atoms with Crippen molar-refractivity contribution < 1.29 is 9.72 Å². The highest BCUT2D eigenvalue weighted by atomic mass is 16.6. The molecular weight excluding hydrogens is 246 g/mol. The first-order valence-electron chi connectivity index (χ1n) is 6.41. The van der Waals surface area contributed by atoms with Crippen molar-refractivity contribution in [3.63, 3.8) is 0 Å². The van der Waals surface area contributed by atoms with Crippen molar-refractivity contribution in [2.75, 3.05) is 13.1 Å². The highest BCUT2D eigenvalue weighted by molar-refractivity contribution is 5.95. The van der Waals surface area contributed by atoms with Crippen LogP contribution in [0.2, 0.25) is 0 Å². The van der Waals surface area contributed by atoms with Crippen molar-refractivity contribution in [3.8, 4) is 0 Å². The van der Waals surface area contributed by atoms with Crippen molar-refractivity contribution >= 4 is 11.7 Å². The van der Waals surface area contributed by atoms with E-state index >= 15 is 0 Å². The number of carbonyl (C=O) groups is 1. The van der Waals surface area contributed by atoms with Gasteiger partial charge in [0.25, 0.3) is 5.91 Å². The second-order valence-corrected chi connectivity index (χ2v) is 4.41. The van der Waals surface area contributed by atoms with E-state index in [0.717, 1.165) is 12.8 Å². The Bertz CT molecular complexity index is 468. The van der Waals surface area contributed by atoms with Crippen LogP contribution in [0.4, 0.5) is 5.82 Å². The van der Waals surface area contributed by atoms with E-state index in [1.165, 1.54) is 12.3 Å². The van der Waals surface area contributed by atoms with Crippen molar-refractivity contribution in [3.05, 3.63) is 33.5 Å². The first-order valence-corrected chi connectivity index (χ1v) is 6.41. The quantitative estimate of drug-likeness (QED) is 0.585. The highest BCUT2D eigenvalue weighted by Gasteiger charge is 2.20. The molecule has 0 fully saturated rings. The third-order valence-corrected chi connectivity index (χ3v) is 2.79. The van der Waals surface area contributed by atoms with Gasteiger partial charge in [0.05, 0.1) is 5.56 Å². The summed E-state index contributed by atoms with van der Waals surface area (Å²) in [6.45, 7) is 7.08. The maximum absolute atomic E-state index is 12.3. The Labute approximate surface area is 112 Å². The molecule has 1 rings (SSSR count). The Balaban J connectivity index is 3.01. The Morgan fingerprint density at radius 2 is 1.95 bits per heavy atom. The summed E-state index contributed by atoms with van der Waals surface area (Å²) in [5.74, 6) is -0.338. The van der Waals surface area contributed by atoms with Crippen molar-refractivity contribution in [1.82, 2.24) is 9.88 Å². The number of amides is 1. The van der Waals surface area contributed by atoms with Crippen LogP contribution in [-0.2, 0) is 0 Å². The van der Waals surface area contributed by atoms with Crippen molar-refractivity contribution in [2.24, 2.45) is 0 Å². The Morgan fingerprint density at radius 1 is 1.37 bits per heavy atom. The maximum atomic E-state index is 12.3. The molecule has 1 aromatic heterocycles. The molecule has 0 radical (unpaired) electrons. The molecule has 0 aliphatic heterocycles. The molecule has 0 aliphatic rings. The Hall–Kier alpha value is -1.98. The first-order chi connectivity index (χ1) is 9.01. The summed E-state index contributed by atoms with van der Waals surface area (Å²) in [5, 5.41) is 10.6. The van der Waals surface area contributed by atoms with E-state index in [0.29, 0.717) is 24.2 Å². The summed E-state index contributed by atoms with van der Waals surface area (Å²) in [5.41, 5.74) is 1.02. The molecule has 0 spiro atoms. The molecule has 0 bridgehead atoms. The number of aromatic nitrogens is 1. The summed E-state index contributed by atoms with van der Waals surface area (Å²) >= 11 is 0. The van der Waals surface area contributed by atoms with Gasteiger partial charge < -0.3 is 15.0 Å². The zero-order chi connectivity index (χ0) is 14.4. The molecule has 104 valence electrons. The number of aryl methyl sites for hydroxylation is 1. The fourth-order valence-electron chi connectivity index (χ4n) is 1.89. The van der Waals surface area contributed by atoms with E-state index in [-0.39, 0.29) is 11.7 Å². The highest BCUT2D eigenvalue weighted by Crippen LogP contribution is 2.16. The lowest BCUT2D eigenvalue weighted by Crippen LogP contribution is -2.33. The van der Waals surface area contributed by atoms with E-state index in [2.05, 4.69) is 4.98 Å². The van der Waals surface area contributed by atoms with Gasteiger partial charge in [-0.1, -0.05) is 13.8 Å². The topological polar surface area (TPSA) is 76.3 Å². The third kappa shape index (κ3) is 3.74. The maximum Gasteiger partial charge on any atom is 0.363 e. The lowest BCUT2D eigenvalue weighted by atomic mass is 10.1. The zero-order valence-corrected chi connectivity index (χ0v) is 11.5. The standard InChI is InChI=1S/C13H19N3O3/c1-4-6-15(7-5-2)13(17)11-9-14-12(16(18)19)8-10(11)3/h8-9H,4-7H2,1-3H3. The minimum Gasteiger partial charge on any atom is -0.358 e. The number of pyridine rings is 1. The van der Waals surface area contributed by atoms with Gasteiger partial charge in [0, 0.05) is 19.2 Å². The normalized spacial score (nSPS) is 10.3. The second kappa shape index (κ2) is 6.82. The molecule has 0 saturated carbocycles. The SMILES string of the molecule is CCCN(CCC)C(=O)c1cnc([N+](=O)[O-])cc1C. The van der Waals surface area contributed by atoms with Crippen molar-refractivity contribution in [1.29, 1.82) is 0 Å². The summed E-state index contributed by atoms with van der Waals surface area (Å²) in [6.07, 6.45) is 3.06. The molecule has 0 saturated heterocycles. The van der Waals surface area contributed by atoms with E-state index in [1.54, 1.807) is 11.8 Å². The van der Waals surface area contributed by atoms with Crippen LogP contribution in [0.5, 0.6) is 0 Å². The average molecular weight is 265 g/mol. The van der Waals surface area contributed by atoms with Crippen LogP contribution in [0, 0.1) is 17.0 Å². The molecular formula is C13H19N3O3. The van der Waals surface area contributed by atoms with Gasteiger partial charge in [-0.2, -0.15) is 0 Å². The molecule has 1 amide bonds. The minimum absolute atomic E-state index is 0.108. The van der Waals surface area contributed by atoms with Gasteiger partial charge in [0.15, 0.2) is 6.20 Å². The summed E-state index contributed by atoms with van der Waals surface area (Å²) < 4.78 is 0. The van der Waals surface area contributed by atoms with Gasteiger partial charge in [-0.25, -0.2) is 0 Å². The molecule has 0 aliphatic carbocycles. The smallest absolute Gasteiger partial charge is 0.358 e. The van der Waals surface area contributed by atoms with Gasteiger partial charge in [0.2, 0.25) is 0 Å². The molecule has 6 nitrogen and oxygen atoms in total. The van der Waals surface area contributed by atoms with Gasteiger partial charge >= 0.3 is 5.82 Å². The van der Waals surface area contributed by atoms with Crippen molar-refractivity contribution in [2.45, 2.75) is 33.6 Å². The number of carbonyl (C=O) groups excluding carboxylic acids is 1. The fourth-order valence-corrected chi connectivity index (χ4v) is 1.89. The number of hydrogen-bond donors (Lipinski definition) is 0. The molecule has 6 heteroatoms. The minimum atomic E-state index is -0.558. The monoisotopic (exact) mass is 265 g/mol. The van der Waals surface area contributed by atoms with Crippen LogP contribution in [-0.4, -0.2) is 33.8 Å². The largest absolute Gasteiger partial charge is 0.363 e. The van der Waals surface area contributed by atoms with Crippen LogP contribution < -0.4 is 0 Å². The predicted molar refractivity (Wildman–Crippen MR) is 72.1 cm³/mol. The molecule has 1 heterocycles. The molecule has 19 heavy (non-hydrogen) atoms. The summed E-state index contributed by atoms with van der Waals surface area (Å²) in [7, 11) is 0. The molecule has 0 unspecified atom stereocenters. The number of rotatable bonds is 6.